The van der Waals surface area contributed by atoms with Crippen LogP contribution in [0.15, 0.2) is 53.5 Å². The molecule has 3 aromatic rings. The minimum Gasteiger partial charge on any atom is -0.348 e. The molecule has 0 atom stereocenters. The summed E-state index contributed by atoms with van der Waals surface area (Å²) in [5, 5.41) is 58.7. The number of nitro benzene ring substituents is 5. The fourth-order valence-electron chi connectivity index (χ4n) is 3.06. The van der Waals surface area contributed by atoms with Gasteiger partial charge >= 0.3 is 0 Å². The van der Waals surface area contributed by atoms with Crippen LogP contribution in [0.3, 0.4) is 0 Å². The van der Waals surface area contributed by atoms with E-state index in [-0.39, 0.29) is 17.1 Å². The van der Waals surface area contributed by atoms with Gasteiger partial charge in [-0.2, -0.15) is 0 Å². The molecule has 3 rings (SSSR count). The van der Waals surface area contributed by atoms with Crippen LogP contribution in [0.2, 0.25) is 5.02 Å². The molecule has 18 heteroatoms. The minimum atomic E-state index is -1.05. The van der Waals surface area contributed by atoms with Crippen LogP contribution in [0.5, 0.6) is 0 Å². The molecule has 3 aromatic carbocycles. The Bertz CT molecular complexity index is 1490. The van der Waals surface area contributed by atoms with E-state index in [1.807, 2.05) is 0 Å². The minimum absolute atomic E-state index is 0.0202. The Morgan fingerprint density at radius 1 is 0.676 bits per heavy atom. The number of nitrogens with one attached hydrogen (secondary N) is 1. The van der Waals surface area contributed by atoms with Crippen molar-refractivity contribution in [1.29, 1.82) is 0 Å². The Labute approximate surface area is 208 Å². The molecule has 1 N–H and O–H groups in total. The second-order valence-electron chi connectivity index (χ2n) is 6.90. The number of nitrogens with zero attached hydrogens (tertiary/aromatic N) is 6. The van der Waals surface area contributed by atoms with E-state index in [4.69, 9.17) is 11.6 Å². The van der Waals surface area contributed by atoms with Crippen molar-refractivity contribution >= 4 is 63.3 Å². The third-order valence-electron chi connectivity index (χ3n) is 4.69. The van der Waals surface area contributed by atoms with E-state index in [2.05, 4.69) is 10.3 Å². The number of benzene rings is 3. The summed E-state index contributed by atoms with van der Waals surface area (Å²) in [6, 6.07) is 8.36. The van der Waals surface area contributed by atoms with Gasteiger partial charge in [-0.1, -0.05) is 23.7 Å². The predicted molar refractivity (Wildman–Crippen MR) is 128 cm³/mol. The quantitative estimate of drug-likeness (QED) is 0.209. The number of hydrogen-bond acceptors (Lipinski definition) is 12. The molecule has 0 aliphatic carbocycles. The van der Waals surface area contributed by atoms with E-state index in [9.17, 15) is 50.6 Å². The van der Waals surface area contributed by atoms with Crippen LogP contribution in [0.1, 0.15) is 5.56 Å². The number of anilines is 2. The molecule has 0 aliphatic heterocycles. The number of halogens is 1. The normalized spacial score (nSPS) is 10.7. The first kappa shape index (κ1) is 26.0. The van der Waals surface area contributed by atoms with Gasteiger partial charge in [0, 0.05) is 6.21 Å². The molecular weight excluding hydrogens is 522 g/mol. The summed E-state index contributed by atoms with van der Waals surface area (Å²) in [4.78, 5) is 55.6. The molecule has 37 heavy (non-hydrogen) atoms. The molecular formula is C19H10ClN7O10. The van der Waals surface area contributed by atoms with Crippen LogP contribution in [-0.4, -0.2) is 30.8 Å². The summed E-state index contributed by atoms with van der Waals surface area (Å²) in [5.41, 5.74) is -5.04. The molecule has 188 valence electrons. The molecule has 0 unspecified atom stereocenters. The van der Waals surface area contributed by atoms with Crippen LogP contribution >= 0.6 is 11.6 Å². The topological polar surface area (TPSA) is 240 Å². The lowest BCUT2D eigenvalue weighted by Gasteiger charge is -2.10. The van der Waals surface area contributed by atoms with Gasteiger partial charge in [-0.15, -0.1) is 0 Å². The summed E-state index contributed by atoms with van der Waals surface area (Å²) in [5.74, 6) is 0. The van der Waals surface area contributed by atoms with Gasteiger partial charge in [0.05, 0.1) is 54.2 Å². The van der Waals surface area contributed by atoms with Gasteiger partial charge in [0.15, 0.2) is 0 Å². The van der Waals surface area contributed by atoms with Crippen molar-refractivity contribution in [2.24, 2.45) is 4.99 Å². The summed E-state index contributed by atoms with van der Waals surface area (Å²) >= 11 is 5.87. The number of rotatable bonds is 9. The first-order valence-corrected chi connectivity index (χ1v) is 9.92. The average Bonchev–Trinajstić information content (AvgIpc) is 2.82. The molecule has 0 saturated heterocycles. The van der Waals surface area contributed by atoms with Crippen LogP contribution in [-0.2, 0) is 0 Å². The second kappa shape index (κ2) is 10.4. The van der Waals surface area contributed by atoms with Crippen molar-refractivity contribution in [2.45, 2.75) is 0 Å². The van der Waals surface area contributed by atoms with Crippen molar-refractivity contribution in [3.05, 3.63) is 110 Å². The van der Waals surface area contributed by atoms with Crippen molar-refractivity contribution in [1.82, 2.24) is 0 Å². The molecule has 0 heterocycles. The number of hydrogen-bond donors (Lipinski definition) is 1. The lowest BCUT2D eigenvalue weighted by atomic mass is 10.1. The van der Waals surface area contributed by atoms with Crippen LogP contribution < -0.4 is 5.32 Å². The zero-order valence-electron chi connectivity index (χ0n) is 17.8. The maximum absolute atomic E-state index is 11.5. The van der Waals surface area contributed by atoms with Crippen LogP contribution in [0, 0.1) is 50.6 Å². The maximum atomic E-state index is 11.5. The molecule has 0 radical (unpaired) electrons. The molecule has 0 aliphatic rings. The Hall–Kier alpha value is -5.58. The number of para-hydroxylation sites is 2. The highest BCUT2D eigenvalue weighted by Crippen LogP contribution is 2.39. The summed E-state index contributed by atoms with van der Waals surface area (Å²) in [7, 11) is 0. The summed E-state index contributed by atoms with van der Waals surface area (Å²) < 4.78 is 0. The van der Waals surface area contributed by atoms with Gasteiger partial charge in [0.25, 0.3) is 28.4 Å². The Morgan fingerprint density at radius 3 is 1.73 bits per heavy atom. The van der Waals surface area contributed by atoms with E-state index >= 15 is 0 Å². The first-order valence-electron chi connectivity index (χ1n) is 9.54. The van der Waals surface area contributed by atoms with Crippen molar-refractivity contribution < 1.29 is 24.6 Å². The fraction of sp³-hybridized carbons (Fsp3) is 0. The Morgan fingerprint density at radius 2 is 1.22 bits per heavy atom. The van der Waals surface area contributed by atoms with Gasteiger partial charge < -0.3 is 5.32 Å². The lowest BCUT2D eigenvalue weighted by molar-refractivity contribution is -0.403. The Kier molecular flexibility index (Phi) is 7.29. The monoisotopic (exact) mass is 531 g/mol. The molecule has 17 nitrogen and oxygen atoms in total. The molecule has 0 amide bonds. The van der Waals surface area contributed by atoms with Gasteiger partial charge in [-0.3, -0.25) is 55.6 Å². The highest BCUT2D eigenvalue weighted by Gasteiger charge is 2.29. The highest BCUT2D eigenvalue weighted by molar-refractivity contribution is 6.33. The van der Waals surface area contributed by atoms with Crippen LogP contribution in [0.4, 0.5) is 45.5 Å². The predicted octanol–water partition coefficient (Wildman–Crippen LogP) is 5.38. The third-order valence-corrected chi connectivity index (χ3v) is 4.99. The van der Waals surface area contributed by atoms with Crippen molar-refractivity contribution in [3.8, 4) is 0 Å². The molecule has 0 bridgehead atoms. The largest absolute Gasteiger partial charge is 0.348 e. The Balaban J connectivity index is 2.12. The molecule has 0 aromatic heterocycles. The van der Waals surface area contributed by atoms with Crippen molar-refractivity contribution in [2.75, 3.05) is 5.32 Å². The van der Waals surface area contributed by atoms with Gasteiger partial charge in [-0.05, 0) is 18.2 Å². The van der Waals surface area contributed by atoms with Crippen molar-refractivity contribution in [3.63, 3.8) is 0 Å². The maximum Gasteiger partial charge on any atom is 0.299 e. The van der Waals surface area contributed by atoms with Gasteiger partial charge in [-0.25, -0.2) is 0 Å². The lowest BCUT2D eigenvalue weighted by Crippen LogP contribution is -2.03. The second-order valence-corrected chi connectivity index (χ2v) is 7.31. The van der Waals surface area contributed by atoms with E-state index in [0.717, 1.165) is 12.3 Å². The zero-order chi connectivity index (χ0) is 27.4. The van der Waals surface area contributed by atoms with E-state index < -0.39 is 63.6 Å². The third kappa shape index (κ3) is 5.57. The van der Waals surface area contributed by atoms with E-state index in [0.29, 0.717) is 18.2 Å². The van der Waals surface area contributed by atoms with Gasteiger partial charge in [0.2, 0.25) is 0 Å². The summed E-state index contributed by atoms with van der Waals surface area (Å²) in [6.45, 7) is 0. The molecule has 0 spiro atoms. The van der Waals surface area contributed by atoms with Crippen LogP contribution in [0.25, 0.3) is 0 Å². The zero-order valence-corrected chi connectivity index (χ0v) is 18.6. The number of nitro groups is 5. The van der Waals surface area contributed by atoms with E-state index in [1.54, 1.807) is 0 Å². The smallest absolute Gasteiger partial charge is 0.299 e. The van der Waals surface area contributed by atoms with Gasteiger partial charge in [0.1, 0.15) is 16.3 Å². The summed E-state index contributed by atoms with van der Waals surface area (Å²) in [6.07, 6.45) is 0.748. The average molecular weight is 532 g/mol. The SMILES string of the molecule is O=[N+]([O-])c1cc([N+](=O)[O-])c(C=Nc2ccccc2Nc2cc(Cl)c([N+](=O)[O-])cc2[N+](=O)[O-])c([N+](=O)[O-])c1. The number of aliphatic imine (C=N–C) groups is 1. The standard InChI is InChI=1S/C19H10ClN7O10/c20-12-7-15(19(27(36)37)8-18(12)26(34)35)22-14-4-2-1-3-13(14)21-9-11-16(24(30)31)5-10(23(28)29)6-17(11)25(32)33/h1-9,22H. The van der Waals surface area contributed by atoms with E-state index in [1.165, 1.54) is 24.3 Å². The highest BCUT2D eigenvalue weighted by atomic mass is 35.5. The first-order chi connectivity index (χ1) is 17.4. The molecule has 0 saturated carbocycles. The fourth-order valence-corrected chi connectivity index (χ4v) is 3.29. The molecule has 0 fully saturated rings. The number of non-ortho nitro benzene ring substituents is 1.